The molecule has 0 radical (unpaired) electrons. The van der Waals surface area contributed by atoms with Crippen LogP contribution in [0.4, 0.5) is 4.79 Å². The third kappa shape index (κ3) is 2.70. The van der Waals surface area contributed by atoms with Crippen molar-refractivity contribution in [2.24, 2.45) is 0 Å². The normalized spacial score (nSPS) is 18.6. The molecule has 1 aromatic rings. The highest BCUT2D eigenvalue weighted by molar-refractivity contribution is 7.09. The fourth-order valence-electron chi connectivity index (χ4n) is 1.97. The molecule has 18 heavy (non-hydrogen) atoms. The Hall–Kier alpha value is -1.40. The van der Waals surface area contributed by atoms with E-state index < -0.39 is 0 Å². The molecular formula is C12H18N3O2S+. The number of nitrogens with one attached hydrogen (secondary N) is 2. The van der Waals surface area contributed by atoms with Crippen molar-refractivity contribution in [1.29, 1.82) is 0 Å². The molecule has 2 heterocycles. The van der Waals surface area contributed by atoms with Crippen molar-refractivity contribution in [2.45, 2.75) is 19.5 Å². The van der Waals surface area contributed by atoms with Gasteiger partial charge < -0.3 is 10.2 Å². The molecule has 2 rings (SSSR count). The molecule has 0 saturated carbocycles. The summed E-state index contributed by atoms with van der Waals surface area (Å²) in [7, 11) is 1.98. The van der Waals surface area contributed by atoms with Gasteiger partial charge in [-0.05, 0) is 18.4 Å². The number of thiophene rings is 1. The van der Waals surface area contributed by atoms with Gasteiger partial charge in [0, 0.05) is 13.1 Å². The standard InChI is InChI=1S/C12H17N3O2S/c1-9(11(16)15-6-5-13-12(15)17)14(2)8-10-4-3-7-18-10/h3-4,7,9H,5-6,8H2,1-2H3,(H,13,17)/p+1/t9-/m0/s1. The van der Waals surface area contributed by atoms with Gasteiger partial charge >= 0.3 is 6.03 Å². The fraction of sp³-hybridized carbons (Fsp3) is 0.500. The smallest absolute Gasteiger partial charge is 0.324 e. The number of amides is 3. The number of nitrogens with zero attached hydrogens (tertiary/aromatic N) is 1. The molecule has 5 nitrogen and oxygen atoms in total. The van der Waals surface area contributed by atoms with Crippen molar-refractivity contribution in [3.63, 3.8) is 0 Å². The van der Waals surface area contributed by atoms with E-state index in [4.69, 9.17) is 0 Å². The maximum atomic E-state index is 12.2. The summed E-state index contributed by atoms with van der Waals surface area (Å²) in [5.41, 5.74) is 0. The van der Waals surface area contributed by atoms with Crippen LogP contribution in [0, 0.1) is 0 Å². The molecule has 1 aliphatic rings. The lowest BCUT2D eigenvalue weighted by Gasteiger charge is -2.23. The third-order valence-electron chi connectivity index (χ3n) is 3.27. The first kappa shape index (κ1) is 13.0. The average Bonchev–Trinajstić information content (AvgIpc) is 2.98. The van der Waals surface area contributed by atoms with Crippen molar-refractivity contribution in [2.75, 3.05) is 20.1 Å². The number of hydrogen-bond donors (Lipinski definition) is 2. The summed E-state index contributed by atoms with van der Waals surface area (Å²) in [6.07, 6.45) is 0. The first-order valence-electron chi connectivity index (χ1n) is 6.03. The van der Waals surface area contributed by atoms with Gasteiger partial charge in [0.15, 0.2) is 6.04 Å². The quantitative estimate of drug-likeness (QED) is 0.788. The fourth-order valence-corrected chi connectivity index (χ4v) is 2.77. The number of carbonyl (C=O) groups is 2. The SMILES string of the molecule is C[C@@H](C(=O)N1CCNC1=O)[NH+](C)Cc1cccs1. The summed E-state index contributed by atoms with van der Waals surface area (Å²) in [5.74, 6) is -0.0981. The molecule has 0 spiro atoms. The Morgan fingerprint density at radius 1 is 1.67 bits per heavy atom. The van der Waals surface area contributed by atoms with Crippen molar-refractivity contribution >= 4 is 23.3 Å². The highest BCUT2D eigenvalue weighted by atomic mass is 32.1. The number of likely N-dealkylation sites (N-methyl/N-ethyl adjacent to an activating group) is 1. The van der Waals surface area contributed by atoms with Gasteiger partial charge in [0.2, 0.25) is 0 Å². The van der Waals surface area contributed by atoms with E-state index >= 15 is 0 Å². The zero-order valence-electron chi connectivity index (χ0n) is 10.6. The Morgan fingerprint density at radius 2 is 2.44 bits per heavy atom. The maximum Gasteiger partial charge on any atom is 0.324 e. The molecule has 0 aliphatic carbocycles. The van der Waals surface area contributed by atoms with Gasteiger partial charge in [-0.2, -0.15) is 0 Å². The summed E-state index contributed by atoms with van der Waals surface area (Å²) >= 11 is 1.69. The molecule has 1 aliphatic heterocycles. The molecule has 1 saturated heterocycles. The van der Waals surface area contributed by atoms with Gasteiger partial charge in [0.05, 0.1) is 11.9 Å². The number of urea groups is 1. The van der Waals surface area contributed by atoms with Gasteiger partial charge in [-0.15, -0.1) is 11.3 Å². The average molecular weight is 268 g/mol. The van der Waals surface area contributed by atoms with Gasteiger partial charge in [-0.25, -0.2) is 4.79 Å². The summed E-state index contributed by atoms with van der Waals surface area (Å²) in [4.78, 5) is 27.3. The third-order valence-corrected chi connectivity index (χ3v) is 4.14. The summed E-state index contributed by atoms with van der Waals surface area (Å²) < 4.78 is 0. The second-order valence-corrected chi connectivity index (χ2v) is 5.58. The van der Waals surface area contributed by atoms with Crippen molar-refractivity contribution in [3.05, 3.63) is 22.4 Å². The second kappa shape index (κ2) is 5.49. The molecule has 1 unspecified atom stereocenters. The van der Waals surface area contributed by atoms with Crippen LogP contribution < -0.4 is 10.2 Å². The molecule has 6 heteroatoms. The van der Waals surface area contributed by atoms with E-state index in [-0.39, 0.29) is 18.0 Å². The Balaban J connectivity index is 1.95. The second-order valence-electron chi connectivity index (χ2n) is 4.55. The van der Waals surface area contributed by atoms with Crippen LogP contribution in [0.5, 0.6) is 0 Å². The molecule has 1 aromatic heterocycles. The van der Waals surface area contributed by atoms with E-state index in [1.165, 1.54) is 9.78 Å². The summed E-state index contributed by atoms with van der Waals surface area (Å²) in [6, 6.07) is 3.59. The number of hydrogen-bond acceptors (Lipinski definition) is 3. The predicted molar refractivity (Wildman–Crippen MR) is 69.5 cm³/mol. The molecule has 0 bridgehead atoms. The van der Waals surface area contributed by atoms with Gasteiger partial charge in [-0.1, -0.05) is 6.07 Å². The minimum Gasteiger partial charge on any atom is -0.336 e. The van der Waals surface area contributed by atoms with Crippen molar-refractivity contribution in [3.8, 4) is 0 Å². The monoisotopic (exact) mass is 268 g/mol. The lowest BCUT2D eigenvalue weighted by atomic mass is 10.2. The van der Waals surface area contributed by atoms with Crippen molar-refractivity contribution in [1.82, 2.24) is 10.2 Å². The van der Waals surface area contributed by atoms with Crippen LogP contribution in [0.2, 0.25) is 0 Å². The molecule has 0 aromatic carbocycles. The molecule has 98 valence electrons. The topological polar surface area (TPSA) is 53.9 Å². The van der Waals surface area contributed by atoms with Crippen LogP contribution in [0.25, 0.3) is 0 Å². The van der Waals surface area contributed by atoms with Gasteiger partial charge in [-0.3, -0.25) is 9.69 Å². The van der Waals surface area contributed by atoms with Crippen LogP contribution in [-0.2, 0) is 11.3 Å². The Bertz CT molecular complexity index is 433. The van der Waals surface area contributed by atoms with Gasteiger partial charge in [0.25, 0.3) is 5.91 Å². The zero-order valence-corrected chi connectivity index (χ0v) is 11.4. The van der Waals surface area contributed by atoms with E-state index in [9.17, 15) is 9.59 Å². The molecule has 2 N–H and O–H groups in total. The zero-order chi connectivity index (χ0) is 13.1. The molecule has 1 fully saturated rings. The molecule has 2 atom stereocenters. The van der Waals surface area contributed by atoms with E-state index in [2.05, 4.69) is 11.4 Å². The minimum atomic E-state index is -0.268. The molecular weight excluding hydrogens is 250 g/mol. The number of carbonyl (C=O) groups excluding carboxylic acids is 2. The Labute approximate surface area is 110 Å². The van der Waals surface area contributed by atoms with Crippen LogP contribution in [-0.4, -0.2) is 43.0 Å². The van der Waals surface area contributed by atoms with Crippen molar-refractivity contribution < 1.29 is 14.5 Å². The largest absolute Gasteiger partial charge is 0.336 e. The van der Waals surface area contributed by atoms with E-state index in [1.807, 2.05) is 25.4 Å². The minimum absolute atomic E-state index is 0.0981. The predicted octanol–water partition coefficient (Wildman–Crippen LogP) is -0.297. The lowest BCUT2D eigenvalue weighted by molar-refractivity contribution is -0.908. The van der Waals surface area contributed by atoms with Crippen LogP contribution in [0.3, 0.4) is 0 Å². The number of rotatable bonds is 4. The number of imide groups is 1. The highest BCUT2D eigenvalue weighted by Gasteiger charge is 2.33. The van der Waals surface area contributed by atoms with E-state index in [0.717, 1.165) is 11.4 Å². The summed E-state index contributed by atoms with van der Waals surface area (Å²) in [5, 5.41) is 4.68. The highest BCUT2D eigenvalue weighted by Crippen LogP contribution is 2.06. The number of quaternary nitrogens is 1. The maximum absolute atomic E-state index is 12.2. The summed E-state index contributed by atoms with van der Waals surface area (Å²) in [6.45, 7) is 3.71. The van der Waals surface area contributed by atoms with E-state index in [0.29, 0.717) is 13.1 Å². The van der Waals surface area contributed by atoms with Gasteiger partial charge in [0.1, 0.15) is 6.54 Å². The first-order chi connectivity index (χ1) is 8.59. The van der Waals surface area contributed by atoms with Crippen LogP contribution in [0.1, 0.15) is 11.8 Å². The van der Waals surface area contributed by atoms with Crippen LogP contribution >= 0.6 is 11.3 Å². The first-order valence-corrected chi connectivity index (χ1v) is 6.91. The Kier molecular flexibility index (Phi) is 3.98. The van der Waals surface area contributed by atoms with E-state index in [1.54, 1.807) is 11.3 Å². The molecule has 3 amide bonds. The van der Waals surface area contributed by atoms with Crippen LogP contribution in [0.15, 0.2) is 17.5 Å². The Morgan fingerprint density at radius 3 is 3.00 bits per heavy atom. The lowest BCUT2D eigenvalue weighted by Crippen LogP contribution is -3.12.